The first-order valence-electron chi connectivity index (χ1n) is 5.40. The molecule has 1 N–H and O–H groups in total. The van der Waals surface area contributed by atoms with Crippen molar-refractivity contribution in [3.05, 3.63) is 35.5 Å². The van der Waals surface area contributed by atoms with Crippen LogP contribution in [-0.4, -0.2) is 23.8 Å². The molecule has 0 saturated heterocycles. The normalized spacial score (nSPS) is 10.5. The summed E-state index contributed by atoms with van der Waals surface area (Å²) in [6.07, 6.45) is 2.42. The fourth-order valence-corrected chi connectivity index (χ4v) is 1.90. The van der Waals surface area contributed by atoms with Crippen molar-refractivity contribution in [1.82, 2.24) is 4.98 Å². The molecule has 0 saturated carbocycles. The first kappa shape index (κ1) is 11.4. The summed E-state index contributed by atoms with van der Waals surface area (Å²) >= 11 is 0. The van der Waals surface area contributed by atoms with Crippen LogP contribution in [0.2, 0.25) is 0 Å². The summed E-state index contributed by atoms with van der Waals surface area (Å²) in [5.74, 6) is -1.46. The van der Waals surface area contributed by atoms with Crippen molar-refractivity contribution >= 4 is 22.7 Å². The fraction of sp³-hybridized carbons (Fsp3) is 0.231. The zero-order valence-corrected chi connectivity index (χ0v) is 9.74. The highest BCUT2D eigenvalue weighted by molar-refractivity contribution is 6.42. The van der Waals surface area contributed by atoms with Gasteiger partial charge in [-0.2, -0.15) is 0 Å². The van der Waals surface area contributed by atoms with Gasteiger partial charge in [0.1, 0.15) is 0 Å². The van der Waals surface area contributed by atoms with Gasteiger partial charge in [0.2, 0.25) is 0 Å². The molecule has 0 radical (unpaired) electrons. The number of Topliss-reactive ketones (excluding diaryl/α,β-unsaturated/α-hetero) is 1. The van der Waals surface area contributed by atoms with E-state index in [1.165, 1.54) is 7.11 Å². The van der Waals surface area contributed by atoms with Gasteiger partial charge in [-0.1, -0.05) is 25.1 Å². The third-order valence-corrected chi connectivity index (χ3v) is 2.80. The second kappa shape index (κ2) is 4.41. The number of aromatic nitrogens is 1. The van der Waals surface area contributed by atoms with Crippen LogP contribution in [0.4, 0.5) is 0 Å². The summed E-state index contributed by atoms with van der Waals surface area (Å²) in [5, 5.41) is 0.764. The molecule has 1 aromatic carbocycles. The second-order valence-electron chi connectivity index (χ2n) is 3.72. The van der Waals surface area contributed by atoms with Crippen molar-refractivity contribution in [2.75, 3.05) is 7.11 Å². The molecule has 88 valence electrons. The number of methoxy groups -OCH3 is 1. The molecule has 0 amide bonds. The standard InChI is InChI=1S/C13H13NO3/c1-3-8-5-4-6-9-10(7-14-11(8)9)12(15)13(16)17-2/h4-7,14H,3H2,1-2H3. The molecular formula is C13H13NO3. The molecule has 0 aliphatic heterocycles. The zero-order valence-electron chi connectivity index (χ0n) is 9.74. The van der Waals surface area contributed by atoms with Gasteiger partial charge in [0.05, 0.1) is 12.7 Å². The van der Waals surface area contributed by atoms with E-state index in [0.717, 1.165) is 22.9 Å². The van der Waals surface area contributed by atoms with Gasteiger partial charge in [-0.15, -0.1) is 0 Å². The minimum Gasteiger partial charge on any atom is -0.463 e. The van der Waals surface area contributed by atoms with Crippen molar-refractivity contribution in [3.63, 3.8) is 0 Å². The van der Waals surface area contributed by atoms with Gasteiger partial charge in [-0.3, -0.25) is 4.79 Å². The molecule has 0 atom stereocenters. The van der Waals surface area contributed by atoms with E-state index >= 15 is 0 Å². The lowest BCUT2D eigenvalue weighted by atomic mass is 10.1. The van der Waals surface area contributed by atoms with E-state index in [-0.39, 0.29) is 0 Å². The molecule has 17 heavy (non-hydrogen) atoms. The lowest BCUT2D eigenvalue weighted by Crippen LogP contribution is -2.15. The van der Waals surface area contributed by atoms with E-state index in [2.05, 4.69) is 9.72 Å². The Balaban J connectivity index is 2.57. The van der Waals surface area contributed by atoms with Gasteiger partial charge < -0.3 is 9.72 Å². The van der Waals surface area contributed by atoms with Gasteiger partial charge in [-0.25, -0.2) is 4.79 Å². The summed E-state index contributed by atoms with van der Waals surface area (Å²) in [4.78, 5) is 26.0. The van der Waals surface area contributed by atoms with E-state index in [9.17, 15) is 9.59 Å². The Morgan fingerprint density at radius 3 is 2.76 bits per heavy atom. The number of hydrogen-bond acceptors (Lipinski definition) is 3. The Labute approximate surface area is 98.6 Å². The lowest BCUT2D eigenvalue weighted by Gasteiger charge is -2.00. The van der Waals surface area contributed by atoms with Crippen LogP contribution in [0.5, 0.6) is 0 Å². The number of ether oxygens (including phenoxy) is 1. The Kier molecular flexibility index (Phi) is 2.95. The maximum atomic E-state index is 11.8. The number of carbonyl (C=O) groups is 2. The predicted molar refractivity (Wildman–Crippen MR) is 64.0 cm³/mol. The van der Waals surface area contributed by atoms with E-state index < -0.39 is 11.8 Å². The average Bonchev–Trinajstić information content (AvgIpc) is 2.80. The van der Waals surface area contributed by atoms with Crippen molar-refractivity contribution in [2.45, 2.75) is 13.3 Å². The van der Waals surface area contributed by atoms with Crippen molar-refractivity contribution in [1.29, 1.82) is 0 Å². The molecule has 4 nitrogen and oxygen atoms in total. The van der Waals surface area contributed by atoms with Crippen LogP contribution in [0.1, 0.15) is 22.8 Å². The van der Waals surface area contributed by atoms with Gasteiger partial charge in [0, 0.05) is 17.1 Å². The summed E-state index contributed by atoms with van der Waals surface area (Å²) < 4.78 is 4.44. The number of aromatic amines is 1. The Bertz CT molecular complexity index is 583. The average molecular weight is 231 g/mol. The topological polar surface area (TPSA) is 59.2 Å². The van der Waals surface area contributed by atoms with Crippen LogP contribution in [0.15, 0.2) is 24.4 Å². The largest absolute Gasteiger partial charge is 0.463 e. The fourth-order valence-electron chi connectivity index (χ4n) is 1.90. The van der Waals surface area contributed by atoms with Gasteiger partial charge >= 0.3 is 5.97 Å². The summed E-state index contributed by atoms with van der Waals surface area (Å²) in [6.45, 7) is 2.04. The highest BCUT2D eigenvalue weighted by Crippen LogP contribution is 2.22. The van der Waals surface area contributed by atoms with Crippen molar-refractivity contribution in [2.24, 2.45) is 0 Å². The van der Waals surface area contributed by atoms with Crippen LogP contribution in [0.3, 0.4) is 0 Å². The zero-order chi connectivity index (χ0) is 12.4. The van der Waals surface area contributed by atoms with Crippen molar-refractivity contribution < 1.29 is 14.3 Å². The molecule has 0 fully saturated rings. The van der Waals surface area contributed by atoms with Crippen LogP contribution >= 0.6 is 0 Å². The number of H-pyrrole nitrogens is 1. The monoisotopic (exact) mass is 231 g/mol. The molecule has 4 heteroatoms. The number of ketones is 1. The summed E-state index contributed by atoms with van der Waals surface area (Å²) in [5.41, 5.74) is 2.39. The second-order valence-corrected chi connectivity index (χ2v) is 3.72. The maximum Gasteiger partial charge on any atom is 0.379 e. The molecule has 1 heterocycles. The number of esters is 1. The SMILES string of the molecule is CCc1cccc2c(C(=O)C(=O)OC)c[nH]c12. The number of fused-ring (bicyclic) bond motifs is 1. The van der Waals surface area contributed by atoms with Crippen LogP contribution < -0.4 is 0 Å². The summed E-state index contributed by atoms with van der Waals surface area (Å²) in [6, 6.07) is 5.69. The number of para-hydroxylation sites is 1. The molecule has 2 aromatic rings. The number of aryl methyl sites for hydroxylation is 1. The highest BCUT2D eigenvalue weighted by atomic mass is 16.5. The molecule has 0 spiro atoms. The van der Waals surface area contributed by atoms with E-state index in [0.29, 0.717) is 5.56 Å². The van der Waals surface area contributed by atoms with Crippen LogP contribution in [-0.2, 0) is 16.0 Å². The molecule has 2 rings (SSSR count). The Morgan fingerprint density at radius 1 is 1.35 bits per heavy atom. The Hall–Kier alpha value is -2.10. The molecule has 0 aliphatic carbocycles. The molecule has 0 unspecified atom stereocenters. The lowest BCUT2D eigenvalue weighted by molar-refractivity contribution is -0.135. The first-order valence-corrected chi connectivity index (χ1v) is 5.40. The first-order chi connectivity index (χ1) is 8.19. The molecular weight excluding hydrogens is 218 g/mol. The minimum absolute atomic E-state index is 0.363. The molecule has 0 aliphatic rings. The van der Waals surface area contributed by atoms with Crippen molar-refractivity contribution in [3.8, 4) is 0 Å². The smallest absolute Gasteiger partial charge is 0.379 e. The number of hydrogen-bond donors (Lipinski definition) is 1. The number of carbonyl (C=O) groups excluding carboxylic acids is 2. The van der Waals surface area contributed by atoms with Gasteiger partial charge in [-0.05, 0) is 12.0 Å². The number of rotatable bonds is 3. The van der Waals surface area contributed by atoms with E-state index in [1.807, 2.05) is 25.1 Å². The van der Waals surface area contributed by atoms with Crippen LogP contribution in [0, 0.1) is 0 Å². The van der Waals surface area contributed by atoms with E-state index in [4.69, 9.17) is 0 Å². The maximum absolute atomic E-state index is 11.8. The van der Waals surface area contributed by atoms with Gasteiger partial charge in [0.15, 0.2) is 0 Å². The third kappa shape index (κ3) is 1.82. The number of benzene rings is 1. The summed E-state index contributed by atoms with van der Waals surface area (Å²) in [7, 11) is 1.20. The number of nitrogens with one attached hydrogen (secondary N) is 1. The highest BCUT2D eigenvalue weighted by Gasteiger charge is 2.20. The Morgan fingerprint density at radius 2 is 2.12 bits per heavy atom. The third-order valence-electron chi connectivity index (χ3n) is 2.80. The van der Waals surface area contributed by atoms with Crippen LogP contribution in [0.25, 0.3) is 10.9 Å². The quantitative estimate of drug-likeness (QED) is 0.500. The molecule has 1 aromatic heterocycles. The minimum atomic E-state index is -0.840. The predicted octanol–water partition coefficient (Wildman–Crippen LogP) is 2.09. The van der Waals surface area contributed by atoms with E-state index in [1.54, 1.807) is 6.20 Å². The molecule has 0 bridgehead atoms. The van der Waals surface area contributed by atoms with Gasteiger partial charge in [0.25, 0.3) is 5.78 Å².